The number of para-hydroxylation sites is 2. The second-order valence-corrected chi connectivity index (χ2v) is 7.72. The molecule has 3 aromatic rings. The molecule has 0 unspecified atom stereocenters. The number of rotatable bonds is 3. The predicted molar refractivity (Wildman–Crippen MR) is 107 cm³/mol. The molecule has 1 atom stereocenters. The molecule has 146 valence electrons. The molecule has 2 amide bonds. The van der Waals surface area contributed by atoms with Crippen LogP contribution in [0.4, 0.5) is 11.4 Å². The minimum atomic E-state index is -1.52. The zero-order chi connectivity index (χ0) is 20.0. The van der Waals surface area contributed by atoms with Gasteiger partial charge in [0, 0.05) is 18.2 Å². The largest absolute Gasteiger partial charge is 0.338 e. The van der Waals surface area contributed by atoms with E-state index in [4.69, 9.17) is 4.74 Å². The second kappa shape index (κ2) is 6.71. The van der Waals surface area contributed by atoms with E-state index in [0.29, 0.717) is 16.4 Å². The number of likely N-dealkylation sites (N-methyl/N-ethyl adjacent to an activating group) is 1. The van der Waals surface area contributed by atoms with E-state index in [1.807, 2.05) is 48.5 Å². The van der Waals surface area contributed by atoms with Gasteiger partial charge in [-0.25, -0.2) is 4.98 Å². The highest BCUT2D eigenvalue weighted by atomic mass is 32.2. The van der Waals surface area contributed by atoms with Gasteiger partial charge in [-0.2, -0.15) is 5.10 Å². The first kappa shape index (κ1) is 17.9. The number of hydrogen-bond acceptors (Lipinski definition) is 6. The van der Waals surface area contributed by atoms with Crippen molar-refractivity contribution in [2.24, 2.45) is 0 Å². The first-order chi connectivity index (χ1) is 14.1. The van der Waals surface area contributed by atoms with Crippen LogP contribution in [0.25, 0.3) is 0 Å². The number of nitrogens with zero attached hydrogens (tertiary/aromatic N) is 4. The van der Waals surface area contributed by atoms with Crippen LogP contribution < -0.4 is 9.80 Å². The predicted octanol–water partition coefficient (Wildman–Crippen LogP) is 2.29. The van der Waals surface area contributed by atoms with Crippen LogP contribution in [0.5, 0.6) is 0 Å². The number of hydrogen-bond donors (Lipinski definition) is 1. The molecule has 1 aromatic heterocycles. The van der Waals surface area contributed by atoms with Crippen molar-refractivity contribution in [3.63, 3.8) is 0 Å². The zero-order valence-corrected chi connectivity index (χ0v) is 16.3. The molecule has 0 fully saturated rings. The lowest BCUT2D eigenvalue weighted by Gasteiger charge is -2.43. The average molecular weight is 407 g/mol. The first-order valence-electron chi connectivity index (χ1n) is 9.03. The van der Waals surface area contributed by atoms with Crippen molar-refractivity contribution in [3.8, 4) is 0 Å². The number of benzene rings is 2. The number of carbonyl (C=O) groups is 2. The summed E-state index contributed by atoms with van der Waals surface area (Å²) in [5.41, 5.74) is 1.42. The summed E-state index contributed by atoms with van der Waals surface area (Å²) in [5.74, 6) is -0.462. The van der Waals surface area contributed by atoms with Gasteiger partial charge in [-0.1, -0.05) is 48.2 Å². The van der Waals surface area contributed by atoms with E-state index >= 15 is 0 Å². The van der Waals surface area contributed by atoms with Gasteiger partial charge in [0.1, 0.15) is 6.33 Å². The molecule has 1 N–H and O–H groups in total. The maximum atomic E-state index is 13.5. The number of H-pyrrole nitrogens is 1. The topological polar surface area (TPSA) is 91.4 Å². The van der Waals surface area contributed by atoms with Gasteiger partial charge in [0.05, 0.1) is 23.7 Å². The number of aromatic nitrogens is 3. The monoisotopic (exact) mass is 407 g/mol. The van der Waals surface area contributed by atoms with E-state index in [2.05, 4.69) is 15.2 Å². The lowest BCUT2D eigenvalue weighted by Crippen LogP contribution is -2.59. The molecule has 0 saturated carbocycles. The van der Waals surface area contributed by atoms with Crippen LogP contribution in [0.2, 0.25) is 0 Å². The van der Waals surface area contributed by atoms with Crippen molar-refractivity contribution in [3.05, 3.63) is 66.0 Å². The number of thioether (sulfide) groups is 1. The van der Waals surface area contributed by atoms with E-state index in [-0.39, 0.29) is 24.2 Å². The summed E-state index contributed by atoms with van der Waals surface area (Å²) in [6.07, 6.45) is 1.39. The Balaban J connectivity index is 1.63. The third-order valence-electron chi connectivity index (χ3n) is 5.18. The Hall–Kier alpha value is -3.17. The summed E-state index contributed by atoms with van der Waals surface area (Å²) in [6.45, 7) is 0.239. The van der Waals surface area contributed by atoms with Crippen molar-refractivity contribution in [1.29, 1.82) is 0 Å². The Bertz CT molecular complexity index is 1100. The number of aromatic amines is 1. The minimum absolute atomic E-state index is 0.0772. The Labute approximate surface area is 170 Å². The van der Waals surface area contributed by atoms with Gasteiger partial charge in [0.2, 0.25) is 5.91 Å². The molecule has 5 rings (SSSR count). The third kappa shape index (κ3) is 2.58. The van der Waals surface area contributed by atoms with Crippen molar-refractivity contribution < 1.29 is 14.3 Å². The van der Waals surface area contributed by atoms with Crippen molar-refractivity contribution in [2.45, 2.75) is 17.5 Å². The van der Waals surface area contributed by atoms with E-state index in [1.165, 1.54) is 23.0 Å². The number of ether oxygens (including phenoxy) is 1. The summed E-state index contributed by atoms with van der Waals surface area (Å²) < 4.78 is 6.20. The molecule has 2 aliphatic heterocycles. The highest BCUT2D eigenvalue weighted by Gasteiger charge is 2.59. The van der Waals surface area contributed by atoms with Gasteiger partial charge in [-0.15, -0.1) is 0 Å². The smallest absolute Gasteiger partial charge is 0.285 e. The molecule has 9 heteroatoms. The zero-order valence-electron chi connectivity index (χ0n) is 15.5. The third-order valence-corrected chi connectivity index (χ3v) is 6.05. The van der Waals surface area contributed by atoms with Crippen molar-refractivity contribution in [1.82, 2.24) is 15.2 Å². The fourth-order valence-electron chi connectivity index (χ4n) is 3.90. The van der Waals surface area contributed by atoms with Gasteiger partial charge in [0.15, 0.2) is 5.16 Å². The van der Waals surface area contributed by atoms with E-state index in [1.54, 1.807) is 11.9 Å². The van der Waals surface area contributed by atoms with Gasteiger partial charge in [-0.05, 0) is 12.1 Å². The first-order valence-corrected chi connectivity index (χ1v) is 10.0. The second-order valence-electron chi connectivity index (χ2n) is 6.75. The molecule has 3 heterocycles. The fraction of sp³-hybridized carbons (Fsp3) is 0.200. The molecule has 1 spiro atoms. The summed E-state index contributed by atoms with van der Waals surface area (Å²) >= 11 is 1.23. The Morgan fingerprint density at radius 3 is 2.76 bits per heavy atom. The van der Waals surface area contributed by atoms with Crippen molar-refractivity contribution >= 4 is 35.0 Å². The van der Waals surface area contributed by atoms with Crippen LogP contribution in [-0.4, -0.2) is 39.8 Å². The van der Waals surface area contributed by atoms with Crippen LogP contribution in [0.1, 0.15) is 11.1 Å². The Morgan fingerprint density at radius 1 is 1.21 bits per heavy atom. The van der Waals surface area contributed by atoms with Crippen LogP contribution in [-0.2, 0) is 26.7 Å². The number of amides is 2. The van der Waals surface area contributed by atoms with Gasteiger partial charge >= 0.3 is 0 Å². The maximum absolute atomic E-state index is 13.5. The van der Waals surface area contributed by atoms with Gasteiger partial charge in [0.25, 0.3) is 11.6 Å². The standard InChI is InChI=1S/C20H17N5O3S/c1-24-16-9-5-3-7-14(16)20(18(24)27)25(15-8-4-2-6-13(15)10-28-20)17(26)11-29-19-21-12-22-23-19/h2-9,12H,10-11H2,1H3,(H,21,22,23)/t20-/m0/s1. The summed E-state index contributed by atoms with van der Waals surface area (Å²) in [7, 11) is 1.70. The molecule has 8 nitrogen and oxygen atoms in total. The lowest BCUT2D eigenvalue weighted by atomic mass is 9.97. The normalized spacial score (nSPS) is 20.1. The van der Waals surface area contributed by atoms with Crippen molar-refractivity contribution in [2.75, 3.05) is 22.6 Å². The molecule has 2 aromatic carbocycles. The van der Waals surface area contributed by atoms with Gasteiger partial charge < -0.3 is 9.64 Å². The van der Waals surface area contributed by atoms with E-state index < -0.39 is 5.72 Å². The number of nitrogens with one attached hydrogen (secondary N) is 1. The lowest BCUT2D eigenvalue weighted by molar-refractivity contribution is -0.152. The Kier molecular flexibility index (Phi) is 4.14. The molecule has 0 radical (unpaired) electrons. The molecular formula is C20H17N5O3S. The highest BCUT2D eigenvalue weighted by Crippen LogP contribution is 2.49. The molecule has 29 heavy (non-hydrogen) atoms. The van der Waals surface area contributed by atoms with Crippen LogP contribution in [0.3, 0.4) is 0 Å². The number of carbonyl (C=O) groups excluding carboxylic acids is 2. The Morgan fingerprint density at radius 2 is 1.97 bits per heavy atom. The highest BCUT2D eigenvalue weighted by molar-refractivity contribution is 7.99. The van der Waals surface area contributed by atoms with Crippen LogP contribution in [0.15, 0.2) is 60.0 Å². The van der Waals surface area contributed by atoms with E-state index in [0.717, 1.165) is 11.3 Å². The molecular weight excluding hydrogens is 390 g/mol. The minimum Gasteiger partial charge on any atom is -0.338 e. The van der Waals surface area contributed by atoms with E-state index in [9.17, 15) is 9.59 Å². The molecule has 2 aliphatic rings. The SMILES string of the molecule is CN1C(=O)[C@@]2(OCc3ccccc3N2C(=O)CSc2ncn[nH]2)c2ccccc21. The van der Waals surface area contributed by atoms with Crippen LogP contribution >= 0.6 is 11.8 Å². The molecule has 0 saturated heterocycles. The fourth-order valence-corrected chi connectivity index (χ4v) is 4.52. The number of fused-ring (bicyclic) bond motifs is 3. The maximum Gasteiger partial charge on any atom is 0.285 e. The quantitative estimate of drug-likeness (QED) is 0.670. The van der Waals surface area contributed by atoms with Crippen LogP contribution in [0, 0.1) is 0 Å². The summed E-state index contributed by atoms with van der Waals surface area (Å²) in [5, 5.41) is 7.07. The average Bonchev–Trinajstić information content (AvgIpc) is 3.35. The molecule has 0 aliphatic carbocycles. The summed E-state index contributed by atoms with van der Waals surface area (Å²) in [6, 6.07) is 14.9. The summed E-state index contributed by atoms with van der Waals surface area (Å²) in [4.78, 5) is 34.0. The molecule has 0 bridgehead atoms. The van der Waals surface area contributed by atoms with Gasteiger partial charge in [-0.3, -0.25) is 19.6 Å². The number of anilines is 2.